The summed E-state index contributed by atoms with van der Waals surface area (Å²) in [5.74, 6) is -2.28. The predicted molar refractivity (Wildman–Crippen MR) is 80.7 cm³/mol. The monoisotopic (exact) mass is 305 g/mol. The molecule has 118 valence electrons. The Morgan fingerprint density at radius 2 is 1.59 bits per heavy atom. The van der Waals surface area contributed by atoms with E-state index in [0.29, 0.717) is 0 Å². The summed E-state index contributed by atoms with van der Waals surface area (Å²) in [6, 6.07) is 7.69. The molecule has 0 saturated carbocycles. The molecule has 1 aromatic rings. The summed E-state index contributed by atoms with van der Waals surface area (Å²) < 4.78 is 9.51. The Balaban J connectivity index is 2.71. The summed E-state index contributed by atoms with van der Waals surface area (Å²) in [4.78, 5) is 35.2. The van der Waals surface area contributed by atoms with Crippen molar-refractivity contribution in [2.75, 3.05) is 13.2 Å². The zero-order chi connectivity index (χ0) is 16.4. The maximum absolute atomic E-state index is 11.8. The minimum absolute atomic E-state index is 0.102. The zero-order valence-electron chi connectivity index (χ0n) is 12.6. The molecule has 1 amide bonds. The van der Waals surface area contributed by atoms with E-state index in [9.17, 15) is 14.4 Å². The van der Waals surface area contributed by atoms with E-state index in [0.717, 1.165) is 5.56 Å². The normalized spacial score (nSPS) is 10.5. The molecule has 1 aromatic carbocycles. The van der Waals surface area contributed by atoms with Crippen molar-refractivity contribution in [2.24, 2.45) is 0 Å². The van der Waals surface area contributed by atoms with Crippen molar-refractivity contribution in [2.45, 2.75) is 19.9 Å². The van der Waals surface area contributed by atoms with Crippen LogP contribution in [-0.2, 0) is 23.9 Å². The minimum Gasteiger partial charge on any atom is -0.464 e. The number of rotatable bonds is 7. The molecule has 6 nitrogen and oxygen atoms in total. The first kappa shape index (κ1) is 17.4. The molecular weight excluding hydrogens is 286 g/mol. The van der Waals surface area contributed by atoms with Crippen LogP contribution in [0, 0.1) is 0 Å². The van der Waals surface area contributed by atoms with Gasteiger partial charge in [0.15, 0.2) is 0 Å². The van der Waals surface area contributed by atoms with Gasteiger partial charge in [0, 0.05) is 6.08 Å². The molecule has 0 unspecified atom stereocenters. The lowest BCUT2D eigenvalue weighted by atomic mass is 10.2. The molecule has 0 aliphatic heterocycles. The van der Waals surface area contributed by atoms with Gasteiger partial charge in [-0.3, -0.25) is 4.79 Å². The van der Waals surface area contributed by atoms with Gasteiger partial charge in [-0.1, -0.05) is 30.3 Å². The van der Waals surface area contributed by atoms with Crippen LogP contribution in [0.4, 0.5) is 0 Å². The molecule has 0 atom stereocenters. The zero-order valence-corrected chi connectivity index (χ0v) is 12.6. The highest BCUT2D eigenvalue weighted by molar-refractivity contribution is 6.04. The standard InChI is InChI=1S/C16H19NO5/c1-3-21-15(19)14(16(20)22-4-2)17-13(18)11-10-12-8-6-5-7-9-12/h5-11,14H,3-4H2,1-2H3,(H,17,18). The highest BCUT2D eigenvalue weighted by Crippen LogP contribution is 2.01. The number of ether oxygens (including phenoxy) is 2. The molecule has 0 spiro atoms. The van der Waals surface area contributed by atoms with Crippen molar-refractivity contribution in [1.29, 1.82) is 0 Å². The van der Waals surface area contributed by atoms with E-state index in [-0.39, 0.29) is 13.2 Å². The molecule has 0 fully saturated rings. The predicted octanol–water partition coefficient (Wildman–Crippen LogP) is 1.31. The Morgan fingerprint density at radius 1 is 1.05 bits per heavy atom. The van der Waals surface area contributed by atoms with E-state index in [1.807, 2.05) is 30.3 Å². The van der Waals surface area contributed by atoms with Gasteiger partial charge in [0.05, 0.1) is 13.2 Å². The topological polar surface area (TPSA) is 81.7 Å². The first-order chi connectivity index (χ1) is 10.6. The summed E-state index contributed by atoms with van der Waals surface area (Å²) in [6.07, 6.45) is 2.81. The molecule has 0 aliphatic carbocycles. The highest BCUT2D eigenvalue weighted by Gasteiger charge is 2.30. The van der Waals surface area contributed by atoms with Gasteiger partial charge in [0.2, 0.25) is 11.9 Å². The van der Waals surface area contributed by atoms with Crippen LogP contribution in [0.25, 0.3) is 6.08 Å². The van der Waals surface area contributed by atoms with Crippen LogP contribution in [-0.4, -0.2) is 37.1 Å². The second kappa shape index (κ2) is 9.33. The number of nitrogens with one attached hydrogen (secondary N) is 1. The number of carbonyl (C=O) groups is 3. The van der Waals surface area contributed by atoms with Crippen molar-refractivity contribution >= 4 is 23.9 Å². The van der Waals surface area contributed by atoms with E-state index in [1.165, 1.54) is 6.08 Å². The number of carbonyl (C=O) groups excluding carboxylic acids is 3. The van der Waals surface area contributed by atoms with Crippen molar-refractivity contribution in [3.63, 3.8) is 0 Å². The second-order valence-corrected chi connectivity index (χ2v) is 4.19. The Hall–Kier alpha value is -2.63. The average molecular weight is 305 g/mol. The highest BCUT2D eigenvalue weighted by atomic mass is 16.6. The van der Waals surface area contributed by atoms with Crippen LogP contribution < -0.4 is 5.32 Å². The van der Waals surface area contributed by atoms with E-state index in [4.69, 9.17) is 9.47 Å². The fourth-order valence-electron chi connectivity index (χ4n) is 1.59. The van der Waals surface area contributed by atoms with Gasteiger partial charge in [-0.25, -0.2) is 9.59 Å². The van der Waals surface area contributed by atoms with Crippen LogP contribution in [0.3, 0.4) is 0 Å². The smallest absolute Gasteiger partial charge is 0.340 e. The number of benzene rings is 1. The Labute approximate surface area is 129 Å². The van der Waals surface area contributed by atoms with E-state index >= 15 is 0 Å². The molecule has 6 heteroatoms. The van der Waals surface area contributed by atoms with Gasteiger partial charge in [0.1, 0.15) is 0 Å². The van der Waals surface area contributed by atoms with Gasteiger partial charge >= 0.3 is 11.9 Å². The van der Waals surface area contributed by atoms with Gasteiger partial charge < -0.3 is 14.8 Å². The number of amides is 1. The lowest BCUT2D eigenvalue weighted by Gasteiger charge is -2.14. The van der Waals surface area contributed by atoms with Crippen LogP contribution >= 0.6 is 0 Å². The number of esters is 2. The molecule has 22 heavy (non-hydrogen) atoms. The molecule has 0 bridgehead atoms. The Kier molecular flexibility index (Phi) is 7.39. The SMILES string of the molecule is CCOC(=O)C(NC(=O)C=Cc1ccccc1)C(=O)OCC. The third-order valence-corrected chi connectivity index (χ3v) is 2.56. The lowest BCUT2D eigenvalue weighted by molar-refractivity contribution is -0.159. The van der Waals surface area contributed by atoms with E-state index in [1.54, 1.807) is 19.9 Å². The third kappa shape index (κ3) is 5.78. The summed E-state index contributed by atoms with van der Waals surface area (Å²) >= 11 is 0. The minimum atomic E-state index is -1.46. The van der Waals surface area contributed by atoms with Crippen molar-refractivity contribution in [3.8, 4) is 0 Å². The molecule has 0 aromatic heterocycles. The van der Waals surface area contributed by atoms with Crippen molar-refractivity contribution in [1.82, 2.24) is 5.32 Å². The molecular formula is C16H19NO5. The summed E-state index contributed by atoms with van der Waals surface area (Å²) in [5, 5.41) is 2.28. The van der Waals surface area contributed by atoms with Gasteiger partial charge in [0.25, 0.3) is 0 Å². The first-order valence-electron chi connectivity index (χ1n) is 6.95. The maximum atomic E-state index is 11.8. The molecule has 0 heterocycles. The number of hydrogen-bond acceptors (Lipinski definition) is 5. The van der Waals surface area contributed by atoms with Crippen LogP contribution in [0.2, 0.25) is 0 Å². The molecule has 0 radical (unpaired) electrons. The molecule has 1 N–H and O–H groups in total. The van der Waals surface area contributed by atoms with Crippen LogP contribution in [0.1, 0.15) is 19.4 Å². The van der Waals surface area contributed by atoms with E-state index < -0.39 is 23.9 Å². The van der Waals surface area contributed by atoms with E-state index in [2.05, 4.69) is 5.32 Å². The van der Waals surface area contributed by atoms with Gasteiger partial charge in [-0.2, -0.15) is 0 Å². The summed E-state index contributed by atoms with van der Waals surface area (Å²) in [5.41, 5.74) is 0.821. The fraction of sp³-hybridized carbons (Fsp3) is 0.312. The average Bonchev–Trinajstić information content (AvgIpc) is 2.52. The maximum Gasteiger partial charge on any atom is 0.340 e. The van der Waals surface area contributed by atoms with Gasteiger partial charge in [-0.15, -0.1) is 0 Å². The molecule has 0 aliphatic rings. The lowest BCUT2D eigenvalue weighted by Crippen LogP contribution is -2.47. The van der Waals surface area contributed by atoms with Crippen LogP contribution in [0.15, 0.2) is 36.4 Å². The second-order valence-electron chi connectivity index (χ2n) is 4.19. The molecule has 1 rings (SSSR count). The van der Waals surface area contributed by atoms with Crippen molar-refractivity contribution < 1.29 is 23.9 Å². The fourth-order valence-corrected chi connectivity index (χ4v) is 1.59. The van der Waals surface area contributed by atoms with Crippen molar-refractivity contribution in [3.05, 3.63) is 42.0 Å². The summed E-state index contributed by atoms with van der Waals surface area (Å²) in [7, 11) is 0. The quantitative estimate of drug-likeness (QED) is 0.466. The van der Waals surface area contributed by atoms with Crippen LogP contribution in [0.5, 0.6) is 0 Å². The third-order valence-electron chi connectivity index (χ3n) is 2.56. The largest absolute Gasteiger partial charge is 0.464 e. The Morgan fingerprint density at radius 3 is 2.09 bits per heavy atom. The summed E-state index contributed by atoms with van der Waals surface area (Å²) in [6.45, 7) is 3.42. The number of hydrogen-bond donors (Lipinski definition) is 1. The Bertz CT molecular complexity index is 521. The van der Waals surface area contributed by atoms with Gasteiger partial charge in [-0.05, 0) is 25.5 Å². The molecule has 0 saturated heterocycles. The first-order valence-corrected chi connectivity index (χ1v) is 6.95.